The summed E-state index contributed by atoms with van der Waals surface area (Å²) in [6.07, 6.45) is 5.25. The zero-order valence-electron chi connectivity index (χ0n) is 19.5. The first-order chi connectivity index (χ1) is 16.5. The van der Waals surface area contributed by atoms with Crippen LogP contribution in [0.4, 0.5) is 0 Å². The summed E-state index contributed by atoms with van der Waals surface area (Å²) in [6, 6.07) is 18.8. The standard InChI is InChI=1S/C27H29N3O4/c1-3-14-27(15-16-27)28-18-30(29-17-13-21(31)25(32)24(29)26(28)33)23(19-9-5-4-6-10-19)20-11-7-8-12-22(20)34-2/h4-13,17,23,32H,3,14-16,18H2,1-2H3. The third-order valence-electron chi connectivity index (χ3n) is 7.03. The van der Waals surface area contributed by atoms with Gasteiger partial charge in [0.2, 0.25) is 5.43 Å². The van der Waals surface area contributed by atoms with E-state index in [1.165, 1.54) is 6.07 Å². The molecule has 1 aliphatic heterocycles. The molecule has 0 bridgehead atoms. The first kappa shape index (κ1) is 22.1. The van der Waals surface area contributed by atoms with Crippen molar-refractivity contribution in [2.24, 2.45) is 0 Å². The highest BCUT2D eigenvalue weighted by Crippen LogP contribution is 2.48. The Labute approximate surface area is 198 Å². The maximum Gasteiger partial charge on any atom is 0.278 e. The SMILES string of the molecule is CCCC1(N2CN(C(c3ccccc3)c3ccccc3OC)n3ccc(=O)c(O)c3C2=O)CC1. The number of nitrogens with zero attached hydrogens (tertiary/aromatic N) is 3. The van der Waals surface area contributed by atoms with Gasteiger partial charge >= 0.3 is 0 Å². The molecule has 5 rings (SSSR count). The number of pyridine rings is 1. The van der Waals surface area contributed by atoms with E-state index in [1.54, 1.807) is 18.0 Å². The largest absolute Gasteiger partial charge is 0.502 e. The summed E-state index contributed by atoms with van der Waals surface area (Å²) in [7, 11) is 1.64. The number of methoxy groups -OCH3 is 1. The Morgan fingerprint density at radius 1 is 1.03 bits per heavy atom. The second-order valence-corrected chi connectivity index (χ2v) is 9.07. The number of carbonyl (C=O) groups is 1. The fraction of sp³-hybridized carbons (Fsp3) is 0.333. The maximum atomic E-state index is 13.7. The monoisotopic (exact) mass is 459 g/mol. The molecule has 1 saturated carbocycles. The lowest BCUT2D eigenvalue weighted by molar-refractivity contribution is 0.0540. The van der Waals surface area contributed by atoms with E-state index in [9.17, 15) is 14.7 Å². The van der Waals surface area contributed by atoms with Gasteiger partial charge in [0.05, 0.1) is 7.11 Å². The van der Waals surface area contributed by atoms with Crippen LogP contribution >= 0.6 is 0 Å². The molecule has 176 valence electrons. The molecule has 0 radical (unpaired) electrons. The topological polar surface area (TPSA) is 75.0 Å². The summed E-state index contributed by atoms with van der Waals surface area (Å²) in [4.78, 5) is 27.9. The zero-order valence-corrected chi connectivity index (χ0v) is 19.5. The van der Waals surface area contributed by atoms with Crippen LogP contribution in [0.5, 0.6) is 11.5 Å². The van der Waals surface area contributed by atoms with Crippen molar-refractivity contribution in [1.82, 2.24) is 9.58 Å². The Kier molecular flexibility index (Phi) is 5.55. The van der Waals surface area contributed by atoms with Gasteiger partial charge < -0.3 is 14.7 Å². The highest BCUT2D eigenvalue weighted by molar-refractivity contribution is 5.97. The van der Waals surface area contributed by atoms with Crippen molar-refractivity contribution in [2.75, 3.05) is 18.8 Å². The van der Waals surface area contributed by atoms with E-state index in [1.807, 2.05) is 64.5 Å². The lowest BCUT2D eigenvalue weighted by Gasteiger charge is -2.46. The van der Waals surface area contributed by atoms with Gasteiger partial charge in [0.15, 0.2) is 11.4 Å². The molecule has 2 heterocycles. The van der Waals surface area contributed by atoms with E-state index in [2.05, 4.69) is 6.92 Å². The molecular formula is C27H29N3O4. The Bertz CT molecular complexity index is 1270. The summed E-state index contributed by atoms with van der Waals surface area (Å²) in [5.74, 6) is -0.0908. The molecule has 0 spiro atoms. The molecule has 1 N–H and O–H groups in total. The molecule has 1 fully saturated rings. The number of aromatic hydroxyl groups is 1. The molecule has 1 aromatic heterocycles. The van der Waals surface area contributed by atoms with Crippen LogP contribution in [0, 0.1) is 0 Å². The summed E-state index contributed by atoms with van der Waals surface area (Å²) in [6.45, 7) is 2.44. The van der Waals surface area contributed by atoms with E-state index in [-0.39, 0.29) is 23.2 Å². The van der Waals surface area contributed by atoms with E-state index in [4.69, 9.17) is 4.74 Å². The number of benzene rings is 2. The highest BCUT2D eigenvalue weighted by Gasteiger charge is 2.53. The van der Waals surface area contributed by atoms with Crippen molar-refractivity contribution in [3.8, 4) is 11.5 Å². The second-order valence-electron chi connectivity index (χ2n) is 9.07. The van der Waals surface area contributed by atoms with Crippen molar-refractivity contribution < 1.29 is 14.6 Å². The Balaban J connectivity index is 1.74. The molecule has 1 amide bonds. The molecule has 1 atom stereocenters. The Hall–Kier alpha value is -3.74. The second kappa shape index (κ2) is 8.56. The summed E-state index contributed by atoms with van der Waals surface area (Å²) in [5.41, 5.74) is 1.14. The quantitative estimate of drug-likeness (QED) is 0.577. The van der Waals surface area contributed by atoms with Crippen LogP contribution < -0.4 is 15.2 Å². The number of aromatic nitrogens is 1. The van der Waals surface area contributed by atoms with Crippen molar-refractivity contribution in [2.45, 2.75) is 44.2 Å². The van der Waals surface area contributed by atoms with Crippen LogP contribution in [-0.2, 0) is 0 Å². The van der Waals surface area contributed by atoms with Gasteiger partial charge in [-0.05, 0) is 30.9 Å². The molecule has 1 unspecified atom stereocenters. The predicted octanol–water partition coefficient (Wildman–Crippen LogP) is 4.04. The van der Waals surface area contributed by atoms with Gasteiger partial charge in [0.1, 0.15) is 18.5 Å². The van der Waals surface area contributed by atoms with E-state index >= 15 is 0 Å². The van der Waals surface area contributed by atoms with Crippen LogP contribution in [-0.4, -0.2) is 39.9 Å². The minimum Gasteiger partial charge on any atom is -0.502 e. The number of para-hydroxylation sites is 1. The average Bonchev–Trinajstić information content (AvgIpc) is 3.64. The Morgan fingerprint density at radius 3 is 2.41 bits per heavy atom. The molecular weight excluding hydrogens is 430 g/mol. The van der Waals surface area contributed by atoms with E-state index in [0.29, 0.717) is 6.67 Å². The van der Waals surface area contributed by atoms with Crippen LogP contribution in [0.1, 0.15) is 60.3 Å². The van der Waals surface area contributed by atoms with E-state index in [0.717, 1.165) is 42.6 Å². The smallest absolute Gasteiger partial charge is 0.278 e. The lowest BCUT2D eigenvalue weighted by Crippen LogP contribution is -2.59. The van der Waals surface area contributed by atoms with Gasteiger partial charge in [-0.25, -0.2) is 0 Å². The van der Waals surface area contributed by atoms with Gasteiger partial charge in [-0.1, -0.05) is 61.9 Å². The predicted molar refractivity (Wildman–Crippen MR) is 130 cm³/mol. The minimum atomic E-state index is -0.560. The van der Waals surface area contributed by atoms with Crippen molar-refractivity contribution >= 4 is 5.91 Å². The lowest BCUT2D eigenvalue weighted by atomic mass is 9.96. The highest BCUT2D eigenvalue weighted by atomic mass is 16.5. The fourth-order valence-corrected chi connectivity index (χ4v) is 5.21. The normalized spacial score (nSPS) is 17.3. The average molecular weight is 460 g/mol. The maximum absolute atomic E-state index is 13.7. The Morgan fingerprint density at radius 2 is 1.74 bits per heavy atom. The van der Waals surface area contributed by atoms with Crippen LogP contribution in [0.25, 0.3) is 0 Å². The molecule has 2 aromatic carbocycles. The third kappa shape index (κ3) is 3.52. The number of carbonyl (C=O) groups excluding carboxylic acids is 1. The first-order valence-electron chi connectivity index (χ1n) is 11.7. The minimum absolute atomic E-state index is 0.0111. The third-order valence-corrected chi connectivity index (χ3v) is 7.03. The number of ether oxygens (including phenoxy) is 1. The van der Waals surface area contributed by atoms with Gasteiger partial charge in [-0.3, -0.25) is 19.3 Å². The van der Waals surface area contributed by atoms with Crippen molar-refractivity contribution in [1.29, 1.82) is 0 Å². The van der Waals surface area contributed by atoms with Gasteiger partial charge in [-0.15, -0.1) is 0 Å². The van der Waals surface area contributed by atoms with Gasteiger partial charge in [0, 0.05) is 23.4 Å². The van der Waals surface area contributed by atoms with Crippen LogP contribution in [0.15, 0.2) is 71.7 Å². The summed E-state index contributed by atoms with van der Waals surface area (Å²) >= 11 is 0. The molecule has 2 aliphatic rings. The summed E-state index contributed by atoms with van der Waals surface area (Å²) in [5, 5.41) is 12.8. The first-order valence-corrected chi connectivity index (χ1v) is 11.7. The molecule has 0 saturated heterocycles. The summed E-state index contributed by atoms with van der Waals surface area (Å²) < 4.78 is 7.36. The number of hydrogen-bond acceptors (Lipinski definition) is 5. The van der Waals surface area contributed by atoms with Crippen molar-refractivity contribution in [3.63, 3.8) is 0 Å². The number of rotatable bonds is 7. The number of hydrogen-bond donors (Lipinski definition) is 1. The van der Waals surface area contributed by atoms with Crippen molar-refractivity contribution in [3.05, 3.63) is 93.9 Å². The number of amides is 1. The van der Waals surface area contributed by atoms with E-state index < -0.39 is 11.2 Å². The van der Waals surface area contributed by atoms with Gasteiger partial charge in [0.25, 0.3) is 5.91 Å². The van der Waals surface area contributed by atoms with Crippen LogP contribution in [0.2, 0.25) is 0 Å². The van der Waals surface area contributed by atoms with Crippen LogP contribution in [0.3, 0.4) is 0 Å². The molecule has 7 nitrogen and oxygen atoms in total. The zero-order chi connectivity index (χ0) is 23.9. The molecule has 1 aliphatic carbocycles. The molecule has 3 aromatic rings. The fourth-order valence-electron chi connectivity index (χ4n) is 5.21. The molecule has 34 heavy (non-hydrogen) atoms. The molecule has 7 heteroatoms. The number of fused-ring (bicyclic) bond motifs is 1. The van der Waals surface area contributed by atoms with Gasteiger partial charge in [-0.2, -0.15) is 0 Å².